The number of carbonyl (C=O) groups excluding carboxylic acids is 3. The van der Waals surface area contributed by atoms with Gasteiger partial charge in [-0.05, 0) is 37.3 Å². The zero-order valence-corrected chi connectivity index (χ0v) is 19.7. The van der Waals surface area contributed by atoms with Gasteiger partial charge in [-0.2, -0.15) is 0 Å². The maximum absolute atomic E-state index is 13.6. The molecule has 3 aliphatic rings. The molecule has 4 rings (SSSR count). The largest absolute Gasteiger partial charge is 0.378 e. The maximum atomic E-state index is 13.6. The molecule has 3 fully saturated rings. The van der Waals surface area contributed by atoms with Crippen molar-refractivity contribution < 1.29 is 24.3 Å². The lowest BCUT2D eigenvalue weighted by molar-refractivity contribution is -0.164. The average Bonchev–Trinajstić information content (AvgIpc) is 3.41. The van der Waals surface area contributed by atoms with Gasteiger partial charge in [0.15, 0.2) is 0 Å². The topological polar surface area (TPSA) is 107 Å². The number of amides is 3. The van der Waals surface area contributed by atoms with Gasteiger partial charge >= 0.3 is 0 Å². The lowest BCUT2D eigenvalue weighted by atomic mass is 9.92. The Bertz CT molecular complexity index is 839. The Balaban J connectivity index is 1.47. The highest BCUT2D eigenvalue weighted by Crippen LogP contribution is 2.32. The second-order valence-corrected chi connectivity index (χ2v) is 9.41. The van der Waals surface area contributed by atoms with E-state index in [1.54, 1.807) is 12.3 Å². The molecule has 34 heavy (non-hydrogen) atoms. The van der Waals surface area contributed by atoms with Crippen LogP contribution < -0.4 is 4.90 Å². The number of carbonyl (C=O) groups is 3. The summed E-state index contributed by atoms with van der Waals surface area (Å²) in [6.45, 7) is 3.67. The van der Waals surface area contributed by atoms with Crippen LogP contribution in [-0.2, 0) is 14.3 Å². The average molecular weight is 474 g/mol. The zero-order chi connectivity index (χ0) is 23.9. The molecule has 3 heterocycles. The number of pyridine rings is 1. The molecule has 2 saturated heterocycles. The van der Waals surface area contributed by atoms with Gasteiger partial charge in [-0.25, -0.2) is 15.1 Å². The van der Waals surface area contributed by atoms with Crippen LogP contribution in [-0.4, -0.2) is 89.4 Å². The minimum Gasteiger partial charge on any atom is -0.378 e. The molecule has 1 atom stereocenters. The fourth-order valence-corrected chi connectivity index (χ4v) is 5.23. The van der Waals surface area contributed by atoms with Crippen LogP contribution in [0.2, 0.25) is 0 Å². The summed E-state index contributed by atoms with van der Waals surface area (Å²) in [5.74, 6) is 0.192. The second-order valence-electron chi connectivity index (χ2n) is 9.41. The van der Waals surface area contributed by atoms with Gasteiger partial charge in [0.05, 0.1) is 31.2 Å². The number of nitrogens with zero attached hydrogens (tertiary/aromatic N) is 5. The molecule has 0 aromatic carbocycles. The van der Waals surface area contributed by atoms with Gasteiger partial charge in [0.2, 0.25) is 12.3 Å². The van der Waals surface area contributed by atoms with Crippen LogP contribution in [0.3, 0.4) is 0 Å². The third-order valence-corrected chi connectivity index (χ3v) is 7.07. The Morgan fingerprint density at radius 2 is 1.79 bits per heavy atom. The van der Waals surface area contributed by atoms with Crippen LogP contribution in [0, 0.1) is 11.8 Å². The highest BCUT2D eigenvalue weighted by molar-refractivity contribution is 5.95. The van der Waals surface area contributed by atoms with Crippen molar-refractivity contribution in [2.75, 3.05) is 50.8 Å². The molecule has 1 saturated carbocycles. The van der Waals surface area contributed by atoms with Gasteiger partial charge in [-0.15, -0.1) is 0 Å². The van der Waals surface area contributed by atoms with Crippen molar-refractivity contribution in [1.82, 2.24) is 20.1 Å². The molecule has 0 bridgehead atoms. The number of hydroxylamine groups is 2. The number of aromatic nitrogens is 1. The monoisotopic (exact) mass is 473 g/mol. The van der Waals surface area contributed by atoms with E-state index in [0.29, 0.717) is 55.7 Å². The lowest BCUT2D eigenvalue weighted by Gasteiger charge is -2.40. The molecule has 0 unspecified atom stereocenters. The lowest BCUT2D eigenvalue weighted by Crippen LogP contribution is -2.56. The molecule has 1 aromatic heterocycles. The fourth-order valence-electron chi connectivity index (χ4n) is 5.23. The molecule has 0 spiro atoms. The smallest absolute Gasteiger partial charge is 0.274 e. The van der Waals surface area contributed by atoms with Crippen molar-refractivity contribution >= 4 is 24.0 Å². The normalized spacial score (nSPS) is 20.3. The number of morpholine rings is 1. The van der Waals surface area contributed by atoms with Crippen LogP contribution in [0.15, 0.2) is 18.3 Å². The summed E-state index contributed by atoms with van der Waals surface area (Å²) >= 11 is 0. The summed E-state index contributed by atoms with van der Waals surface area (Å²) in [6.07, 6.45) is 8.52. The van der Waals surface area contributed by atoms with Crippen molar-refractivity contribution in [2.24, 2.45) is 11.8 Å². The van der Waals surface area contributed by atoms with Gasteiger partial charge in [0.1, 0.15) is 5.82 Å². The highest BCUT2D eigenvalue weighted by Gasteiger charge is 2.36. The van der Waals surface area contributed by atoms with Crippen LogP contribution in [0.25, 0.3) is 0 Å². The van der Waals surface area contributed by atoms with E-state index < -0.39 is 5.92 Å². The molecule has 1 aliphatic carbocycles. The number of hydrazine groups is 1. The standard InChI is InChI=1S/C24H35N5O5/c30-18-27(33)17-21(15-19-5-1-2-6-19)24(32)29-10-4-3-9-28(29)23(31)20-7-8-22(25-16-20)26-11-13-34-14-12-26/h7-8,16,18-19,21,33H,1-6,9-15,17H2/t21-/m1/s1. The van der Waals surface area contributed by atoms with Crippen LogP contribution in [0.5, 0.6) is 0 Å². The van der Waals surface area contributed by atoms with Gasteiger partial charge in [0.25, 0.3) is 5.91 Å². The summed E-state index contributed by atoms with van der Waals surface area (Å²) in [5, 5.41) is 13.4. The van der Waals surface area contributed by atoms with E-state index in [9.17, 15) is 19.6 Å². The molecule has 10 heteroatoms. The Morgan fingerprint density at radius 1 is 1.09 bits per heavy atom. The van der Waals surface area contributed by atoms with Crippen LogP contribution >= 0.6 is 0 Å². The van der Waals surface area contributed by atoms with E-state index in [2.05, 4.69) is 9.88 Å². The predicted molar refractivity (Wildman–Crippen MR) is 124 cm³/mol. The van der Waals surface area contributed by atoms with Gasteiger partial charge in [-0.3, -0.25) is 24.6 Å². The van der Waals surface area contributed by atoms with E-state index in [1.807, 2.05) is 6.07 Å². The molecule has 3 amide bonds. The van der Waals surface area contributed by atoms with Crippen molar-refractivity contribution in [3.05, 3.63) is 23.9 Å². The first-order valence-corrected chi connectivity index (χ1v) is 12.4. The number of ether oxygens (including phenoxy) is 1. The number of hydrogen-bond acceptors (Lipinski definition) is 7. The molecule has 1 aromatic rings. The molecule has 186 valence electrons. The van der Waals surface area contributed by atoms with Crippen LogP contribution in [0.4, 0.5) is 5.82 Å². The van der Waals surface area contributed by atoms with E-state index in [0.717, 1.165) is 57.4 Å². The first kappa shape index (κ1) is 24.4. The molecular formula is C24H35N5O5. The maximum Gasteiger partial charge on any atom is 0.274 e. The Kier molecular flexibility index (Phi) is 8.34. The predicted octanol–water partition coefficient (Wildman–Crippen LogP) is 1.94. The minimum atomic E-state index is -0.548. The van der Waals surface area contributed by atoms with E-state index in [4.69, 9.17) is 4.74 Å². The van der Waals surface area contributed by atoms with Crippen LogP contribution in [0.1, 0.15) is 55.3 Å². The number of hydrogen-bond donors (Lipinski definition) is 1. The van der Waals surface area contributed by atoms with Gasteiger partial charge < -0.3 is 9.64 Å². The van der Waals surface area contributed by atoms with Crippen molar-refractivity contribution in [3.8, 4) is 0 Å². The first-order chi connectivity index (χ1) is 16.6. The first-order valence-electron chi connectivity index (χ1n) is 12.4. The third-order valence-electron chi connectivity index (χ3n) is 7.07. The van der Waals surface area contributed by atoms with Crippen molar-refractivity contribution in [1.29, 1.82) is 0 Å². The molecule has 2 aliphatic heterocycles. The van der Waals surface area contributed by atoms with E-state index in [-0.39, 0.29) is 18.4 Å². The van der Waals surface area contributed by atoms with Gasteiger partial charge in [-0.1, -0.05) is 25.7 Å². The van der Waals surface area contributed by atoms with E-state index >= 15 is 0 Å². The van der Waals surface area contributed by atoms with Gasteiger partial charge in [0, 0.05) is 32.4 Å². The summed E-state index contributed by atoms with van der Waals surface area (Å²) in [5.41, 5.74) is 0.431. The fraction of sp³-hybridized carbons (Fsp3) is 0.667. The number of anilines is 1. The zero-order valence-electron chi connectivity index (χ0n) is 19.7. The number of rotatable bonds is 8. The Hall–Kier alpha value is -2.72. The highest BCUT2D eigenvalue weighted by atomic mass is 16.5. The summed E-state index contributed by atoms with van der Waals surface area (Å²) in [4.78, 5) is 44.6. The third kappa shape index (κ3) is 5.85. The second kappa shape index (κ2) is 11.6. The summed E-state index contributed by atoms with van der Waals surface area (Å²) in [7, 11) is 0. The summed E-state index contributed by atoms with van der Waals surface area (Å²) in [6, 6.07) is 3.60. The Labute approximate surface area is 200 Å². The molecular weight excluding hydrogens is 438 g/mol. The molecule has 1 N–H and O–H groups in total. The minimum absolute atomic E-state index is 0.0623. The molecule has 10 nitrogen and oxygen atoms in total. The summed E-state index contributed by atoms with van der Waals surface area (Å²) < 4.78 is 5.38. The van der Waals surface area contributed by atoms with Crippen molar-refractivity contribution in [2.45, 2.75) is 44.9 Å². The molecule has 0 radical (unpaired) electrons. The van der Waals surface area contributed by atoms with Crippen molar-refractivity contribution in [3.63, 3.8) is 0 Å². The quantitative estimate of drug-likeness (QED) is 0.349. The van der Waals surface area contributed by atoms with E-state index in [1.165, 1.54) is 10.0 Å². The Morgan fingerprint density at radius 3 is 2.44 bits per heavy atom. The SMILES string of the molecule is O=CN(O)C[C@@H](CC1CCCC1)C(=O)N1CCCCN1C(=O)c1ccc(N2CCOCC2)nc1.